The first-order valence-corrected chi connectivity index (χ1v) is 11.9. The highest BCUT2D eigenvalue weighted by Gasteiger charge is 2.21. The topological polar surface area (TPSA) is 61.4 Å². The summed E-state index contributed by atoms with van der Waals surface area (Å²) in [5, 5.41) is 7.08. The molecule has 3 rings (SSSR count). The van der Waals surface area contributed by atoms with Crippen molar-refractivity contribution >= 4 is 11.6 Å². The Morgan fingerprint density at radius 2 is 1.65 bits per heavy atom. The number of rotatable bonds is 8. The van der Waals surface area contributed by atoms with E-state index in [0.717, 1.165) is 74.6 Å². The van der Waals surface area contributed by atoms with Crippen LogP contribution >= 0.6 is 0 Å². The molecule has 0 bridgehead atoms. The van der Waals surface area contributed by atoms with E-state index in [1.807, 2.05) is 6.07 Å². The fourth-order valence-electron chi connectivity index (χ4n) is 4.36. The number of nitrogens with zero attached hydrogens (tertiary/aromatic N) is 3. The second-order valence-electron chi connectivity index (χ2n) is 8.76. The highest BCUT2D eigenvalue weighted by molar-refractivity contribution is 5.80. The second-order valence-corrected chi connectivity index (χ2v) is 8.76. The van der Waals surface area contributed by atoms with Crippen LogP contribution in [0.3, 0.4) is 0 Å². The summed E-state index contributed by atoms with van der Waals surface area (Å²) in [4.78, 5) is 9.81. The van der Waals surface area contributed by atoms with Gasteiger partial charge in [0.15, 0.2) is 5.96 Å². The Kier molecular flexibility index (Phi) is 9.13. The van der Waals surface area contributed by atoms with Crippen LogP contribution in [0.15, 0.2) is 23.2 Å². The molecule has 2 aliphatic heterocycles. The minimum atomic E-state index is 0.442. The number of aliphatic imine (C=N–C) groups is 1. The molecule has 0 amide bonds. The SMILES string of the molecule is CCNC(=NCCN1CCC(C)CC1)NC1CCN(c2cc(OC)cc(OC)c2)CC1. The lowest BCUT2D eigenvalue weighted by molar-refractivity contribution is 0.197. The molecule has 0 spiro atoms. The summed E-state index contributed by atoms with van der Waals surface area (Å²) in [6.07, 6.45) is 4.79. The van der Waals surface area contributed by atoms with E-state index in [-0.39, 0.29) is 0 Å². The molecule has 0 aromatic heterocycles. The first kappa shape index (κ1) is 23.5. The zero-order valence-corrected chi connectivity index (χ0v) is 19.8. The van der Waals surface area contributed by atoms with Gasteiger partial charge >= 0.3 is 0 Å². The summed E-state index contributed by atoms with van der Waals surface area (Å²) in [6.45, 7) is 11.7. The molecule has 1 aromatic carbocycles. The first-order valence-electron chi connectivity index (χ1n) is 11.9. The molecule has 2 aliphatic rings. The molecular weight excluding hydrogens is 390 g/mol. The summed E-state index contributed by atoms with van der Waals surface area (Å²) in [5.41, 5.74) is 1.16. The number of ether oxygens (including phenoxy) is 2. The predicted molar refractivity (Wildman–Crippen MR) is 129 cm³/mol. The Morgan fingerprint density at radius 1 is 1.00 bits per heavy atom. The average Bonchev–Trinajstić information content (AvgIpc) is 2.80. The molecule has 31 heavy (non-hydrogen) atoms. The van der Waals surface area contributed by atoms with E-state index in [4.69, 9.17) is 14.5 Å². The molecule has 2 N–H and O–H groups in total. The lowest BCUT2D eigenvalue weighted by Gasteiger charge is -2.35. The smallest absolute Gasteiger partial charge is 0.191 e. The van der Waals surface area contributed by atoms with Gasteiger partial charge in [-0.2, -0.15) is 0 Å². The van der Waals surface area contributed by atoms with Crippen LogP contribution in [0.4, 0.5) is 5.69 Å². The van der Waals surface area contributed by atoms with Gasteiger partial charge in [-0.1, -0.05) is 6.92 Å². The Bertz CT molecular complexity index is 673. The van der Waals surface area contributed by atoms with E-state index in [1.54, 1.807) is 14.2 Å². The van der Waals surface area contributed by atoms with E-state index in [0.29, 0.717) is 6.04 Å². The van der Waals surface area contributed by atoms with Crippen LogP contribution in [0.1, 0.15) is 39.5 Å². The number of piperidine rings is 2. The number of methoxy groups -OCH3 is 2. The minimum Gasteiger partial charge on any atom is -0.497 e. The maximum atomic E-state index is 5.43. The summed E-state index contributed by atoms with van der Waals surface area (Å²) in [7, 11) is 3.39. The van der Waals surface area contributed by atoms with Crippen LogP contribution in [-0.4, -0.2) is 76.9 Å². The standard InChI is InChI=1S/C24H41N5O2/c1-5-25-24(26-10-15-28-11-6-19(2)7-12-28)27-20-8-13-29(14-9-20)21-16-22(30-3)18-23(17-21)31-4/h16-20H,5-15H2,1-4H3,(H2,25,26,27). The van der Waals surface area contributed by atoms with Crippen LogP contribution in [0.2, 0.25) is 0 Å². The van der Waals surface area contributed by atoms with Gasteiger partial charge in [-0.05, 0) is 51.6 Å². The number of nitrogens with one attached hydrogen (secondary N) is 2. The molecule has 0 radical (unpaired) electrons. The van der Waals surface area contributed by atoms with Crippen LogP contribution in [0.25, 0.3) is 0 Å². The van der Waals surface area contributed by atoms with Crippen LogP contribution in [-0.2, 0) is 0 Å². The van der Waals surface area contributed by atoms with Crippen molar-refractivity contribution in [2.75, 3.05) is 64.9 Å². The lowest BCUT2D eigenvalue weighted by Crippen LogP contribution is -2.49. The third-order valence-electron chi connectivity index (χ3n) is 6.44. The molecular formula is C24H41N5O2. The molecule has 7 heteroatoms. The fraction of sp³-hybridized carbons (Fsp3) is 0.708. The lowest BCUT2D eigenvalue weighted by atomic mass is 9.99. The largest absolute Gasteiger partial charge is 0.497 e. The molecule has 0 unspecified atom stereocenters. The van der Waals surface area contributed by atoms with Gasteiger partial charge in [-0.25, -0.2) is 0 Å². The average molecular weight is 432 g/mol. The van der Waals surface area contributed by atoms with Crippen molar-refractivity contribution in [1.82, 2.24) is 15.5 Å². The minimum absolute atomic E-state index is 0.442. The number of hydrogen-bond donors (Lipinski definition) is 2. The van der Waals surface area contributed by atoms with E-state index >= 15 is 0 Å². The molecule has 7 nitrogen and oxygen atoms in total. The van der Waals surface area contributed by atoms with E-state index in [1.165, 1.54) is 25.9 Å². The molecule has 2 saturated heterocycles. The maximum absolute atomic E-state index is 5.43. The quantitative estimate of drug-likeness (QED) is 0.487. The van der Waals surface area contributed by atoms with Gasteiger partial charge in [-0.15, -0.1) is 0 Å². The Labute approximate surface area is 188 Å². The summed E-state index contributed by atoms with van der Waals surface area (Å²) < 4.78 is 10.9. The van der Waals surface area contributed by atoms with Gasteiger partial charge < -0.3 is 29.9 Å². The molecule has 0 saturated carbocycles. The zero-order valence-electron chi connectivity index (χ0n) is 19.8. The molecule has 2 heterocycles. The van der Waals surface area contributed by atoms with Crippen molar-refractivity contribution in [3.8, 4) is 11.5 Å². The Balaban J connectivity index is 1.48. The summed E-state index contributed by atoms with van der Waals surface area (Å²) in [5.74, 6) is 3.50. The maximum Gasteiger partial charge on any atom is 0.191 e. The van der Waals surface area contributed by atoms with Gasteiger partial charge in [0, 0.05) is 56.1 Å². The normalized spacial score (nSPS) is 19.4. The zero-order chi connectivity index (χ0) is 22.1. The van der Waals surface area contributed by atoms with E-state index < -0.39 is 0 Å². The van der Waals surface area contributed by atoms with Crippen LogP contribution in [0.5, 0.6) is 11.5 Å². The third kappa shape index (κ3) is 7.20. The highest BCUT2D eigenvalue weighted by Crippen LogP contribution is 2.30. The molecule has 174 valence electrons. The fourth-order valence-corrected chi connectivity index (χ4v) is 4.36. The van der Waals surface area contributed by atoms with Crippen LogP contribution < -0.4 is 25.0 Å². The van der Waals surface area contributed by atoms with E-state index in [9.17, 15) is 0 Å². The monoisotopic (exact) mass is 431 g/mol. The Morgan fingerprint density at radius 3 is 2.23 bits per heavy atom. The molecule has 2 fully saturated rings. The van der Waals surface area contributed by atoms with Gasteiger partial charge in [0.1, 0.15) is 11.5 Å². The predicted octanol–water partition coefficient (Wildman–Crippen LogP) is 2.96. The number of hydrogen-bond acceptors (Lipinski definition) is 5. The first-order chi connectivity index (χ1) is 15.1. The molecule has 1 aromatic rings. The molecule has 0 aliphatic carbocycles. The van der Waals surface area contributed by atoms with Crippen molar-refractivity contribution in [3.05, 3.63) is 18.2 Å². The van der Waals surface area contributed by atoms with Gasteiger partial charge in [0.2, 0.25) is 0 Å². The van der Waals surface area contributed by atoms with Crippen molar-refractivity contribution in [3.63, 3.8) is 0 Å². The van der Waals surface area contributed by atoms with Gasteiger partial charge in [0.25, 0.3) is 0 Å². The second kappa shape index (κ2) is 12.0. The van der Waals surface area contributed by atoms with E-state index in [2.05, 4.69) is 46.4 Å². The van der Waals surface area contributed by atoms with Crippen molar-refractivity contribution in [2.24, 2.45) is 10.9 Å². The third-order valence-corrected chi connectivity index (χ3v) is 6.44. The summed E-state index contributed by atoms with van der Waals surface area (Å²) >= 11 is 0. The van der Waals surface area contributed by atoms with Crippen molar-refractivity contribution < 1.29 is 9.47 Å². The van der Waals surface area contributed by atoms with Crippen molar-refractivity contribution in [2.45, 2.75) is 45.6 Å². The number of guanidine groups is 1. The van der Waals surface area contributed by atoms with Gasteiger partial charge in [0.05, 0.1) is 20.8 Å². The number of anilines is 1. The Hall–Kier alpha value is -2.15. The highest BCUT2D eigenvalue weighted by atomic mass is 16.5. The number of benzene rings is 1. The van der Waals surface area contributed by atoms with Gasteiger partial charge in [-0.3, -0.25) is 4.99 Å². The number of likely N-dealkylation sites (tertiary alicyclic amines) is 1. The van der Waals surface area contributed by atoms with Crippen molar-refractivity contribution in [1.29, 1.82) is 0 Å². The molecule has 0 atom stereocenters. The summed E-state index contributed by atoms with van der Waals surface area (Å²) in [6, 6.07) is 6.53. The van der Waals surface area contributed by atoms with Crippen LogP contribution in [0, 0.1) is 5.92 Å².